The molecule has 1 N–H and O–H groups in total. The number of pyridine rings is 1. The monoisotopic (exact) mass is 377 g/mol. The highest BCUT2D eigenvalue weighted by molar-refractivity contribution is 7.99. The standard InChI is InChI=1S/C20H19N5OS/c1-24(2)16-10-8-15(9-11-16)21-19(26)13-27-20-23-22-18-12-7-14-5-3-4-6-17(14)25(18)20/h3-12H,13H2,1-2H3,(H,21,26). The summed E-state index contributed by atoms with van der Waals surface area (Å²) in [6, 6.07) is 19.8. The first-order valence-electron chi connectivity index (χ1n) is 8.55. The highest BCUT2D eigenvalue weighted by Gasteiger charge is 2.12. The fourth-order valence-electron chi connectivity index (χ4n) is 2.88. The van der Waals surface area contributed by atoms with Crippen LogP contribution >= 0.6 is 11.8 Å². The van der Waals surface area contributed by atoms with Crippen molar-refractivity contribution >= 4 is 45.6 Å². The molecule has 2 aromatic heterocycles. The quantitative estimate of drug-likeness (QED) is 0.538. The number of benzene rings is 2. The van der Waals surface area contributed by atoms with E-state index in [-0.39, 0.29) is 11.7 Å². The predicted octanol–water partition coefficient (Wildman–Crippen LogP) is 3.68. The van der Waals surface area contributed by atoms with Crippen molar-refractivity contribution in [3.8, 4) is 0 Å². The van der Waals surface area contributed by atoms with Crippen molar-refractivity contribution < 1.29 is 4.79 Å². The molecule has 4 aromatic rings. The number of hydrogen-bond donors (Lipinski definition) is 1. The van der Waals surface area contributed by atoms with E-state index in [4.69, 9.17) is 0 Å². The number of para-hydroxylation sites is 1. The zero-order valence-corrected chi connectivity index (χ0v) is 15.9. The lowest BCUT2D eigenvalue weighted by molar-refractivity contribution is -0.113. The maximum atomic E-state index is 12.3. The van der Waals surface area contributed by atoms with Gasteiger partial charge in [0, 0.05) is 25.5 Å². The van der Waals surface area contributed by atoms with Gasteiger partial charge in [-0.2, -0.15) is 0 Å². The van der Waals surface area contributed by atoms with Crippen LogP contribution in [0.4, 0.5) is 11.4 Å². The summed E-state index contributed by atoms with van der Waals surface area (Å²) in [6.45, 7) is 0. The molecular formula is C20H19N5OS. The molecular weight excluding hydrogens is 358 g/mol. The first-order valence-corrected chi connectivity index (χ1v) is 9.53. The van der Waals surface area contributed by atoms with E-state index < -0.39 is 0 Å². The van der Waals surface area contributed by atoms with Gasteiger partial charge in [0.05, 0.1) is 11.3 Å². The summed E-state index contributed by atoms with van der Waals surface area (Å²) in [7, 11) is 3.97. The summed E-state index contributed by atoms with van der Waals surface area (Å²) in [5, 5.41) is 13.2. The van der Waals surface area contributed by atoms with Gasteiger partial charge >= 0.3 is 0 Å². The van der Waals surface area contributed by atoms with Crippen molar-refractivity contribution in [3.63, 3.8) is 0 Å². The van der Waals surface area contributed by atoms with Crippen LogP contribution in [0.25, 0.3) is 16.6 Å². The average molecular weight is 377 g/mol. The molecule has 1 amide bonds. The summed E-state index contributed by atoms with van der Waals surface area (Å²) in [5.74, 6) is 0.189. The van der Waals surface area contributed by atoms with Crippen molar-refractivity contribution in [3.05, 3.63) is 60.7 Å². The van der Waals surface area contributed by atoms with Gasteiger partial charge in [0.1, 0.15) is 0 Å². The number of rotatable bonds is 5. The number of nitrogens with one attached hydrogen (secondary N) is 1. The van der Waals surface area contributed by atoms with Gasteiger partial charge in [0.25, 0.3) is 0 Å². The van der Waals surface area contributed by atoms with Gasteiger partial charge in [0.2, 0.25) is 5.91 Å². The van der Waals surface area contributed by atoms with E-state index >= 15 is 0 Å². The minimum Gasteiger partial charge on any atom is -0.378 e. The zero-order valence-electron chi connectivity index (χ0n) is 15.1. The maximum Gasteiger partial charge on any atom is 0.234 e. The molecule has 0 aliphatic heterocycles. The van der Waals surface area contributed by atoms with Gasteiger partial charge in [-0.05, 0) is 47.9 Å². The molecule has 0 unspecified atom stereocenters. The van der Waals surface area contributed by atoms with Crippen LogP contribution in [0, 0.1) is 0 Å². The third-order valence-corrected chi connectivity index (χ3v) is 5.18. The van der Waals surface area contributed by atoms with Crippen molar-refractivity contribution in [2.24, 2.45) is 0 Å². The topological polar surface area (TPSA) is 62.5 Å². The van der Waals surface area contributed by atoms with Gasteiger partial charge in [-0.25, -0.2) is 0 Å². The molecule has 0 radical (unpaired) electrons. The van der Waals surface area contributed by atoms with Crippen LogP contribution in [-0.2, 0) is 4.79 Å². The predicted molar refractivity (Wildman–Crippen MR) is 111 cm³/mol. The van der Waals surface area contributed by atoms with E-state index in [2.05, 4.69) is 15.5 Å². The molecule has 0 aliphatic rings. The SMILES string of the molecule is CN(C)c1ccc(NC(=O)CSc2nnc3ccc4ccccc4n23)cc1. The molecule has 27 heavy (non-hydrogen) atoms. The van der Waals surface area contributed by atoms with Crippen LogP contribution in [0.15, 0.2) is 65.8 Å². The molecule has 0 bridgehead atoms. The Morgan fingerprint density at radius 1 is 1.04 bits per heavy atom. The number of hydrogen-bond acceptors (Lipinski definition) is 5. The molecule has 0 atom stereocenters. The Morgan fingerprint density at radius 3 is 2.59 bits per heavy atom. The normalized spacial score (nSPS) is 11.0. The van der Waals surface area contributed by atoms with Crippen molar-refractivity contribution in [1.82, 2.24) is 14.6 Å². The summed E-state index contributed by atoms with van der Waals surface area (Å²) >= 11 is 1.38. The van der Waals surface area contributed by atoms with Crippen molar-refractivity contribution in [1.29, 1.82) is 0 Å². The Bertz CT molecular complexity index is 1100. The Balaban J connectivity index is 1.48. The number of aromatic nitrogens is 3. The third-order valence-electron chi connectivity index (χ3n) is 4.25. The number of carbonyl (C=O) groups is 1. The molecule has 2 aromatic carbocycles. The summed E-state index contributed by atoms with van der Waals surface area (Å²) < 4.78 is 1.99. The largest absolute Gasteiger partial charge is 0.378 e. The maximum absolute atomic E-state index is 12.3. The number of fused-ring (bicyclic) bond motifs is 3. The summed E-state index contributed by atoms with van der Waals surface area (Å²) in [6.07, 6.45) is 0. The van der Waals surface area contributed by atoms with Crippen LogP contribution in [0.2, 0.25) is 0 Å². The second-order valence-electron chi connectivity index (χ2n) is 6.35. The van der Waals surface area contributed by atoms with E-state index in [0.29, 0.717) is 5.16 Å². The van der Waals surface area contributed by atoms with Crippen LogP contribution < -0.4 is 10.2 Å². The van der Waals surface area contributed by atoms with Crippen molar-refractivity contribution in [2.45, 2.75) is 5.16 Å². The van der Waals surface area contributed by atoms with Crippen LogP contribution in [-0.4, -0.2) is 40.4 Å². The van der Waals surface area contributed by atoms with Gasteiger partial charge < -0.3 is 10.2 Å². The van der Waals surface area contributed by atoms with Crippen LogP contribution in [0.1, 0.15) is 0 Å². The smallest absolute Gasteiger partial charge is 0.234 e. The van der Waals surface area contributed by atoms with E-state index in [1.807, 2.05) is 84.1 Å². The number of nitrogens with zero attached hydrogens (tertiary/aromatic N) is 4. The van der Waals surface area contributed by atoms with Crippen LogP contribution in [0.5, 0.6) is 0 Å². The molecule has 7 heteroatoms. The third kappa shape index (κ3) is 3.59. The number of amides is 1. The Hall–Kier alpha value is -3.06. The molecule has 0 aliphatic carbocycles. The molecule has 4 rings (SSSR count). The minimum atomic E-state index is -0.0745. The number of carbonyl (C=O) groups excluding carboxylic acids is 1. The molecule has 0 fully saturated rings. The Morgan fingerprint density at radius 2 is 1.81 bits per heavy atom. The van der Waals surface area contributed by atoms with Crippen LogP contribution in [0.3, 0.4) is 0 Å². The molecule has 0 spiro atoms. The average Bonchev–Trinajstić information content (AvgIpc) is 3.10. The molecule has 136 valence electrons. The first kappa shape index (κ1) is 17.4. The lowest BCUT2D eigenvalue weighted by atomic mass is 10.2. The van der Waals surface area contributed by atoms with E-state index in [1.165, 1.54) is 11.8 Å². The van der Waals surface area contributed by atoms with Crippen molar-refractivity contribution in [2.75, 3.05) is 30.1 Å². The van der Waals surface area contributed by atoms with Gasteiger partial charge in [0.15, 0.2) is 10.8 Å². The number of thioether (sulfide) groups is 1. The Kier molecular flexibility index (Phi) is 4.68. The molecule has 6 nitrogen and oxygen atoms in total. The van der Waals surface area contributed by atoms with Gasteiger partial charge in [-0.3, -0.25) is 9.20 Å². The summed E-state index contributed by atoms with van der Waals surface area (Å²) in [4.78, 5) is 14.3. The highest BCUT2D eigenvalue weighted by Crippen LogP contribution is 2.23. The van der Waals surface area contributed by atoms with E-state index in [1.54, 1.807) is 0 Å². The number of anilines is 2. The fourth-order valence-corrected chi connectivity index (χ4v) is 3.63. The second kappa shape index (κ2) is 7.28. The second-order valence-corrected chi connectivity index (χ2v) is 7.29. The van der Waals surface area contributed by atoms with E-state index in [0.717, 1.165) is 27.9 Å². The minimum absolute atomic E-state index is 0.0745. The first-order chi connectivity index (χ1) is 13.1. The van der Waals surface area contributed by atoms with Gasteiger partial charge in [-0.1, -0.05) is 30.0 Å². The molecule has 0 saturated heterocycles. The Labute approximate surface area is 161 Å². The van der Waals surface area contributed by atoms with Gasteiger partial charge in [-0.15, -0.1) is 10.2 Å². The molecule has 2 heterocycles. The fraction of sp³-hybridized carbons (Fsp3) is 0.150. The lowest BCUT2D eigenvalue weighted by Crippen LogP contribution is -2.14. The molecule has 0 saturated carbocycles. The van der Waals surface area contributed by atoms with E-state index in [9.17, 15) is 4.79 Å². The summed E-state index contributed by atoms with van der Waals surface area (Å²) in [5.41, 5.74) is 3.67. The lowest BCUT2D eigenvalue weighted by Gasteiger charge is -2.13. The highest BCUT2D eigenvalue weighted by atomic mass is 32.2. The zero-order chi connectivity index (χ0) is 18.8.